The van der Waals surface area contributed by atoms with Crippen LogP contribution in [0.25, 0.3) is 0 Å². The standard InChI is InChI=1S/C8H13NO.C7H12O2/c1-2-9-7-5-3-4-6-8(9)10;1-3-4-5-6(2)7(8)9/h2H,1,3-7H2;2-5H2,1H3,(H,8,9). The lowest BCUT2D eigenvalue weighted by Gasteiger charge is -2.13. The lowest BCUT2D eigenvalue weighted by molar-refractivity contribution is -0.132. The Morgan fingerprint density at radius 2 is 2.11 bits per heavy atom. The van der Waals surface area contributed by atoms with Crippen LogP contribution in [-0.4, -0.2) is 28.4 Å². The molecule has 4 nitrogen and oxygen atoms in total. The molecule has 1 aliphatic rings. The summed E-state index contributed by atoms with van der Waals surface area (Å²) in [5.74, 6) is -0.643. The van der Waals surface area contributed by atoms with E-state index in [0.29, 0.717) is 18.4 Å². The number of amides is 1. The van der Waals surface area contributed by atoms with E-state index in [1.807, 2.05) is 6.92 Å². The molecule has 0 radical (unpaired) electrons. The second kappa shape index (κ2) is 10.4. The summed E-state index contributed by atoms with van der Waals surface area (Å²) in [6.45, 7) is 9.86. The van der Waals surface area contributed by atoms with Gasteiger partial charge in [-0.25, -0.2) is 4.79 Å². The maximum atomic E-state index is 11.1. The summed E-state index contributed by atoms with van der Waals surface area (Å²) < 4.78 is 0. The number of aliphatic carboxylic acids is 1. The summed E-state index contributed by atoms with van der Waals surface area (Å²) in [6.07, 6.45) is 8.24. The SMILES string of the molecule is C=C(CCCC)C(=O)O.C=CN1CCCCCC1=O. The van der Waals surface area contributed by atoms with Crippen LogP contribution in [0.1, 0.15) is 51.9 Å². The fraction of sp³-hybridized carbons (Fsp3) is 0.600. The third-order valence-electron chi connectivity index (χ3n) is 2.96. The van der Waals surface area contributed by atoms with Gasteiger partial charge in [0, 0.05) is 18.5 Å². The first-order valence-electron chi connectivity index (χ1n) is 6.86. The van der Waals surface area contributed by atoms with Gasteiger partial charge in [0.25, 0.3) is 0 Å². The van der Waals surface area contributed by atoms with Crippen LogP contribution in [0.5, 0.6) is 0 Å². The van der Waals surface area contributed by atoms with E-state index in [-0.39, 0.29) is 5.91 Å². The Hall–Kier alpha value is -1.58. The van der Waals surface area contributed by atoms with E-state index in [0.717, 1.165) is 32.2 Å². The Morgan fingerprint density at radius 3 is 2.63 bits per heavy atom. The zero-order chi connectivity index (χ0) is 14.7. The van der Waals surface area contributed by atoms with E-state index in [1.54, 1.807) is 11.1 Å². The number of carboxylic acid groups (broad SMARTS) is 1. The summed E-state index contributed by atoms with van der Waals surface area (Å²) in [5, 5.41) is 8.31. The zero-order valence-electron chi connectivity index (χ0n) is 11.9. The monoisotopic (exact) mass is 267 g/mol. The highest BCUT2D eigenvalue weighted by atomic mass is 16.4. The number of hydrogen-bond acceptors (Lipinski definition) is 2. The number of likely N-dealkylation sites (tertiary alicyclic amines) is 1. The molecule has 0 spiro atoms. The van der Waals surface area contributed by atoms with Crippen molar-refractivity contribution in [3.05, 3.63) is 24.9 Å². The molecule has 1 rings (SSSR count). The van der Waals surface area contributed by atoms with Crippen molar-refractivity contribution in [2.75, 3.05) is 6.54 Å². The average molecular weight is 267 g/mol. The number of hydrogen-bond donors (Lipinski definition) is 1. The molecule has 1 amide bonds. The van der Waals surface area contributed by atoms with Gasteiger partial charge in [0.15, 0.2) is 0 Å². The zero-order valence-corrected chi connectivity index (χ0v) is 11.9. The molecule has 1 aliphatic heterocycles. The molecular weight excluding hydrogens is 242 g/mol. The first kappa shape index (κ1) is 17.4. The normalized spacial score (nSPS) is 15.0. The van der Waals surface area contributed by atoms with Crippen molar-refractivity contribution in [1.29, 1.82) is 0 Å². The van der Waals surface area contributed by atoms with Crippen LogP contribution in [-0.2, 0) is 9.59 Å². The number of carbonyl (C=O) groups excluding carboxylic acids is 1. The number of carboxylic acids is 1. The summed E-state index contributed by atoms with van der Waals surface area (Å²) >= 11 is 0. The minimum Gasteiger partial charge on any atom is -0.478 e. The van der Waals surface area contributed by atoms with Crippen LogP contribution in [0.15, 0.2) is 24.9 Å². The van der Waals surface area contributed by atoms with Crippen molar-refractivity contribution in [3.63, 3.8) is 0 Å². The lowest BCUT2D eigenvalue weighted by Crippen LogP contribution is -2.23. The molecule has 0 bridgehead atoms. The number of carbonyl (C=O) groups is 2. The van der Waals surface area contributed by atoms with Crippen LogP contribution in [0.4, 0.5) is 0 Å². The number of unbranched alkanes of at least 4 members (excludes halogenated alkanes) is 1. The summed E-state index contributed by atoms with van der Waals surface area (Å²) in [7, 11) is 0. The van der Waals surface area contributed by atoms with Gasteiger partial charge in [-0.05, 0) is 31.9 Å². The van der Waals surface area contributed by atoms with Crippen molar-refractivity contribution in [1.82, 2.24) is 4.90 Å². The molecule has 0 aliphatic carbocycles. The quantitative estimate of drug-likeness (QED) is 0.777. The average Bonchev–Trinajstić information content (AvgIpc) is 2.60. The van der Waals surface area contributed by atoms with Gasteiger partial charge in [0.1, 0.15) is 0 Å². The first-order chi connectivity index (χ1) is 9.02. The number of nitrogens with zero attached hydrogens (tertiary/aromatic N) is 1. The Bertz CT molecular complexity index is 323. The van der Waals surface area contributed by atoms with Gasteiger partial charge in [-0.3, -0.25) is 4.79 Å². The molecule has 0 aromatic rings. The largest absolute Gasteiger partial charge is 0.478 e. The Balaban J connectivity index is 0.000000344. The lowest BCUT2D eigenvalue weighted by atomic mass is 10.1. The molecule has 0 saturated carbocycles. The van der Waals surface area contributed by atoms with Gasteiger partial charge in [0.2, 0.25) is 5.91 Å². The maximum absolute atomic E-state index is 11.1. The third kappa shape index (κ3) is 8.19. The van der Waals surface area contributed by atoms with Crippen LogP contribution in [0.2, 0.25) is 0 Å². The van der Waals surface area contributed by atoms with E-state index in [9.17, 15) is 9.59 Å². The highest BCUT2D eigenvalue weighted by Crippen LogP contribution is 2.10. The minimum absolute atomic E-state index is 0.229. The van der Waals surface area contributed by atoms with Crippen LogP contribution in [0, 0.1) is 0 Å². The molecule has 0 aromatic heterocycles. The molecular formula is C15H25NO3. The van der Waals surface area contributed by atoms with Gasteiger partial charge in [-0.1, -0.05) is 32.9 Å². The van der Waals surface area contributed by atoms with Gasteiger partial charge < -0.3 is 10.0 Å². The van der Waals surface area contributed by atoms with Crippen molar-refractivity contribution in [2.24, 2.45) is 0 Å². The molecule has 108 valence electrons. The molecule has 1 N–H and O–H groups in total. The maximum Gasteiger partial charge on any atom is 0.330 e. The third-order valence-corrected chi connectivity index (χ3v) is 2.96. The fourth-order valence-electron chi connectivity index (χ4n) is 1.69. The number of rotatable bonds is 5. The van der Waals surface area contributed by atoms with Crippen LogP contribution in [0.3, 0.4) is 0 Å². The first-order valence-corrected chi connectivity index (χ1v) is 6.86. The van der Waals surface area contributed by atoms with E-state index < -0.39 is 5.97 Å². The second-order valence-electron chi connectivity index (χ2n) is 4.59. The van der Waals surface area contributed by atoms with Crippen molar-refractivity contribution >= 4 is 11.9 Å². The van der Waals surface area contributed by atoms with E-state index >= 15 is 0 Å². The predicted octanol–water partition coefficient (Wildman–Crippen LogP) is 3.35. The molecule has 1 fully saturated rings. The van der Waals surface area contributed by atoms with Crippen LogP contribution >= 0.6 is 0 Å². The molecule has 1 saturated heterocycles. The molecule has 1 heterocycles. The molecule has 0 atom stereocenters. The minimum atomic E-state index is -0.872. The Morgan fingerprint density at radius 1 is 1.42 bits per heavy atom. The van der Waals surface area contributed by atoms with E-state index in [2.05, 4.69) is 13.2 Å². The van der Waals surface area contributed by atoms with E-state index in [1.165, 1.54) is 6.42 Å². The highest BCUT2D eigenvalue weighted by Gasteiger charge is 2.12. The summed E-state index contributed by atoms with van der Waals surface area (Å²) in [6, 6.07) is 0. The predicted molar refractivity (Wildman–Crippen MR) is 76.7 cm³/mol. The Kier molecular flexibility index (Phi) is 9.49. The van der Waals surface area contributed by atoms with Crippen molar-refractivity contribution in [2.45, 2.75) is 51.9 Å². The second-order valence-corrected chi connectivity index (χ2v) is 4.59. The highest BCUT2D eigenvalue weighted by molar-refractivity contribution is 5.85. The van der Waals surface area contributed by atoms with Gasteiger partial charge in [0.05, 0.1) is 0 Å². The van der Waals surface area contributed by atoms with Gasteiger partial charge in [-0.2, -0.15) is 0 Å². The smallest absolute Gasteiger partial charge is 0.330 e. The fourth-order valence-corrected chi connectivity index (χ4v) is 1.69. The van der Waals surface area contributed by atoms with Crippen molar-refractivity contribution < 1.29 is 14.7 Å². The van der Waals surface area contributed by atoms with Gasteiger partial charge >= 0.3 is 5.97 Å². The van der Waals surface area contributed by atoms with Crippen LogP contribution < -0.4 is 0 Å². The molecule has 0 unspecified atom stereocenters. The summed E-state index contributed by atoms with van der Waals surface area (Å²) in [5.41, 5.74) is 0.317. The van der Waals surface area contributed by atoms with E-state index in [4.69, 9.17) is 5.11 Å². The van der Waals surface area contributed by atoms with Crippen molar-refractivity contribution in [3.8, 4) is 0 Å². The summed E-state index contributed by atoms with van der Waals surface area (Å²) in [4.78, 5) is 22.9. The molecule has 4 heteroatoms. The van der Waals surface area contributed by atoms with Gasteiger partial charge in [-0.15, -0.1) is 0 Å². The molecule has 0 aromatic carbocycles. The Labute approximate surface area is 115 Å². The molecule has 19 heavy (non-hydrogen) atoms. The topological polar surface area (TPSA) is 57.6 Å².